The van der Waals surface area contributed by atoms with Crippen LogP contribution in [0.2, 0.25) is 5.02 Å². The van der Waals surface area contributed by atoms with Gasteiger partial charge in [-0.3, -0.25) is 0 Å². The summed E-state index contributed by atoms with van der Waals surface area (Å²) >= 11 is 11.6. The maximum atomic E-state index is 5.97. The summed E-state index contributed by atoms with van der Waals surface area (Å²) in [6, 6.07) is 5.65. The van der Waals surface area contributed by atoms with E-state index < -0.39 is 5.69 Å². The van der Waals surface area contributed by atoms with E-state index >= 15 is 0 Å². The maximum absolute atomic E-state index is 5.97. The van der Waals surface area contributed by atoms with E-state index in [0.29, 0.717) is 10.9 Å². The average Bonchev–Trinajstić information content (AvgIpc) is 2.57. The molecule has 5 heteroatoms. The van der Waals surface area contributed by atoms with Gasteiger partial charge in [0.05, 0.1) is 0 Å². The number of rotatable bonds is 1. The molecule has 0 fully saturated rings. The van der Waals surface area contributed by atoms with Crippen molar-refractivity contribution in [1.29, 1.82) is 0 Å². The van der Waals surface area contributed by atoms with Crippen molar-refractivity contribution in [3.05, 3.63) is 34.3 Å². The highest BCUT2D eigenvalue weighted by Crippen LogP contribution is 2.18. The number of aryl methyl sites for hydroxylation is 1. The minimum absolute atomic E-state index is 0.604. The number of benzene rings is 1. The molecule has 1 aliphatic rings. The van der Waals surface area contributed by atoms with Gasteiger partial charge in [0.1, 0.15) is 0 Å². The smallest absolute Gasteiger partial charge is 0.245 e. The topological polar surface area (TPSA) is 33.6 Å². The Bertz CT molecular complexity index is 392. The molecule has 1 unspecified atom stereocenters. The van der Waals surface area contributed by atoms with Crippen LogP contribution in [0.3, 0.4) is 0 Å². The molecule has 0 saturated heterocycles. The van der Waals surface area contributed by atoms with E-state index in [9.17, 15) is 0 Å². The van der Waals surface area contributed by atoms with E-state index in [1.54, 1.807) is 0 Å². The summed E-state index contributed by atoms with van der Waals surface area (Å²) in [6.45, 7) is 1.94. The van der Waals surface area contributed by atoms with Crippen molar-refractivity contribution in [2.24, 2.45) is 4.99 Å². The summed E-state index contributed by atoms with van der Waals surface area (Å²) in [6.07, 6.45) is 0. The standard InChI is InChI=1S/C9H8Cl2N2O/c1-5-2-3-6(4-7(5)10)8-12-9(11)14-13-8/h2-4,9H,1H3,(H,12,13). The van der Waals surface area contributed by atoms with Crippen molar-refractivity contribution in [3.8, 4) is 0 Å². The molecule has 1 aromatic carbocycles. The van der Waals surface area contributed by atoms with E-state index in [2.05, 4.69) is 10.5 Å². The molecule has 0 radical (unpaired) electrons. The normalized spacial score (nSPS) is 20.5. The molecule has 74 valence electrons. The van der Waals surface area contributed by atoms with Gasteiger partial charge in [0, 0.05) is 10.6 Å². The van der Waals surface area contributed by atoms with Gasteiger partial charge in [-0.15, -0.1) is 0 Å². The van der Waals surface area contributed by atoms with Gasteiger partial charge < -0.3 is 0 Å². The van der Waals surface area contributed by atoms with Crippen molar-refractivity contribution >= 4 is 29.0 Å². The Hall–Kier alpha value is -0.770. The van der Waals surface area contributed by atoms with E-state index in [-0.39, 0.29) is 0 Å². The fourth-order valence-corrected chi connectivity index (χ4v) is 1.45. The molecule has 1 aromatic rings. The third-order valence-corrected chi connectivity index (χ3v) is 2.52. The van der Waals surface area contributed by atoms with Gasteiger partial charge in [-0.05, 0) is 18.6 Å². The molecule has 1 N–H and O–H groups in total. The van der Waals surface area contributed by atoms with E-state index in [4.69, 9.17) is 28.0 Å². The molecule has 0 spiro atoms. The van der Waals surface area contributed by atoms with Crippen LogP contribution in [-0.2, 0) is 4.84 Å². The highest BCUT2D eigenvalue weighted by Gasteiger charge is 2.16. The number of hydrogen-bond donors (Lipinski definition) is 1. The Morgan fingerprint density at radius 3 is 2.86 bits per heavy atom. The van der Waals surface area contributed by atoms with Gasteiger partial charge >= 0.3 is 0 Å². The highest BCUT2D eigenvalue weighted by molar-refractivity contribution is 6.31. The molecule has 14 heavy (non-hydrogen) atoms. The van der Waals surface area contributed by atoms with Crippen molar-refractivity contribution in [1.82, 2.24) is 5.48 Å². The second-order valence-corrected chi connectivity index (χ2v) is 3.73. The maximum Gasteiger partial charge on any atom is 0.251 e. The Morgan fingerprint density at radius 2 is 2.29 bits per heavy atom. The van der Waals surface area contributed by atoms with Gasteiger partial charge in [-0.1, -0.05) is 35.3 Å². The Kier molecular flexibility index (Phi) is 2.63. The Morgan fingerprint density at radius 1 is 1.50 bits per heavy atom. The summed E-state index contributed by atoms with van der Waals surface area (Å²) in [5, 5.41) is 0.699. The zero-order chi connectivity index (χ0) is 10.1. The van der Waals surface area contributed by atoms with Crippen molar-refractivity contribution in [2.45, 2.75) is 12.6 Å². The highest BCUT2D eigenvalue weighted by atomic mass is 35.5. The first-order valence-corrected chi connectivity index (χ1v) is 4.88. The number of aliphatic imine (C=N–C) groups is 1. The van der Waals surface area contributed by atoms with E-state index in [1.807, 2.05) is 25.1 Å². The van der Waals surface area contributed by atoms with Crippen LogP contribution in [-0.4, -0.2) is 11.5 Å². The van der Waals surface area contributed by atoms with Crippen molar-refractivity contribution in [3.63, 3.8) is 0 Å². The van der Waals surface area contributed by atoms with Gasteiger partial charge in [-0.2, -0.15) is 0 Å². The molecule has 0 bridgehead atoms. The Balaban J connectivity index is 2.34. The number of nitrogens with zero attached hydrogens (tertiary/aromatic N) is 1. The molecule has 1 heterocycles. The predicted octanol–water partition coefficient (Wildman–Crippen LogP) is 2.45. The minimum Gasteiger partial charge on any atom is -0.245 e. The lowest BCUT2D eigenvalue weighted by Crippen LogP contribution is -2.18. The zero-order valence-corrected chi connectivity index (χ0v) is 8.93. The molecular formula is C9H8Cl2N2O. The van der Waals surface area contributed by atoms with Crippen LogP contribution in [0.4, 0.5) is 0 Å². The average molecular weight is 231 g/mol. The van der Waals surface area contributed by atoms with Crippen LogP contribution < -0.4 is 5.48 Å². The first-order valence-electron chi connectivity index (χ1n) is 4.07. The lowest BCUT2D eigenvalue weighted by molar-refractivity contribution is 0.0880. The molecule has 0 amide bonds. The molecule has 0 saturated carbocycles. The van der Waals surface area contributed by atoms with Crippen LogP contribution >= 0.6 is 23.2 Å². The first kappa shape index (κ1) is 9.77. The fourth-order valence-electron chi connectivity index (χ4n) is 1.13. The Labute approximate surface area is 91.6 Å². The molecule has 0 aromatic heterocycles. The number of hydroxylamine groups is 1. The van der Waals surface area contributed by atoms with Gasteiger partial charge in [0.15, 0.2) is 5.84 Å². The van der Waals surface area contributed by atoms with Crippen LogP contribution in [0.15, 0.2) is 23.2 Å². The zero-order valence-electron chi connectivity index (χ0n) is 7.42. The molecule has 1 atom stereocenters. The lowest BCUT2D eigenvalue weighted by atomic mass is 10.1. The largest absolute Gasteiger partial charge is 0.251 e. The van der Waals surface area contributed by atoms with Crippen LogP contribution in [0.5, 0.6) is 0 Å². The third-order valence-electron chi connectivity index (χ3n) is 1.93. The summed E-state index contributed by atoms with van der Waals surface area (Å²) in [4.78, 5) is 8.88. The molecule has 1 aliphatic heterocycles. The number of alkyl halides is 1. The molecule has 0 aliphatic carbocycles. The van der Waals surface area contributed by atoms with Gasteiger partial charge in [0.2, 0.25) is 0 Å². The summed E-state index contributed by atoms with van der Waals surface area (Å²) < 4.78 is 0. The number of amidine groups is 1. The summed E-state index contributed by atoms with van der Waals surface area (Å²) in [5.41, 5.74) is 3.86. The lowest BCUT2D eigenvalue weighted by Gasteiger charge is -2.03. The SMILES string of the molecule is Cc1ccc(C2=NC(Cl)ON2)cc1Cl. The van der Waals surface area contributed by atoms with Gasteiger partial charge in [0.25, 0.3) is 5.69 Å². The monoisotopic (exact) mass is 230 g/mol. The van der Waals surface area contributed by atoms with Crippen LogP contribution in [0, 0.1) is 6.92 Å². The van der Waals surface area contributed by atoms with Crippen LogP contribution in [0.25, 0.3) is 0 Å². The van der Waals surface area contributed by atoms with Crippen molar-refractivity contribution < 1.29 is 4.84 Å². The number of hydrogen-bond acceptors (Lipinski definition) is 3. The summed E-state index contributed by atoms with van der Waals surface area (Å²) in [7, 11) is 0. The summed E-state index contributed by atoms with van der Waals surface area (Å²) in [5.74, 6) is 0.604. The number of halogens is 2. The first-order chi connectivity index (χ1) is 6.66. The van der Waals surface area contributed by atoms with E-state index in [1.165, 1.54) is 0 Å². The second kappa shape index (κ2) is 3.77. The van der Waals surface area contributed by atoms with Crippen molar-refractivity contribution in [2.75, 3.05) is 0 Å². The molecular weight excluding hydrogens is 223 g/mol. The minimum atomic E-state index is -0.662. The van der Waals surface area contributed by atoms with Crippen LogP contribution in [0.1, 0.15) is 11.1 Å². The molecule has 2 rings (SSSR count). The second-order valence-electron chi connectivity index (χ2n) is 2.95. The van der Waals surface area contributed by atoms with Gasteiger partial charge in [-0.25, -0.2) is 15.3 Å². The quantitative estimate of drug-likeness (QED) is 0.594. The predicted molar refractivity (Wildman–Crippen MR) is 56.6 cm³/mol. The third kappa shape index (κ3) is 1.85. The molecule has 3 nitrogen and oxygen atoms in total. The number of nitrogens with one attached hydrogen (secondary N) is 1. The van der Waals surface area contributed by atoms with E-state index in [0.717, 1.165) is 11.1 Å². The fraction of sp³-hybridized carbons (Fsp3) is 0.222.